The third-order valence-electron chi connectivity index (χ3n) is 6.97. The zero-order valence-corrected chi connectivity index (χ0v) is 21.6. The number of nitrogens with two attached hydrogens (primary N) is 1. The van der Waals surface area contributed by atoms with Gasteiger partial charge in [-0.25, -0.2) is 0 Å². The molecule has 1 amide bonds. The van der Waals surface area contributed by atoms with Gasteiger partial charge in [0.05, 0.1) is 26.4 Å². The fourth-order valence-electron chi connectivity index (χ4n) is 5.05. The SMILES string of the molecule is CCCCCCCC(=O)N(CCOCCOCCN)Cc1ccc2ccc3cccc4ccc1c2c34. The number of benzene rings is 4. The summed E-state index contributed by atoms with van der Waals surface area (Å²) < 4.78 is 11.2. The van der Waals surface area contributed by atoms with E-state index < -0.39 is 0 Å². The summed E-state index contributed by atoms with van der Waals surface area (Å²) in [6, 6.07) is 19.7. The van der Waals surface area contributed by atoms with Crippen molar-refractivity contribution in [3.63, 3.8) is 0 Å². The Balaban J connectivity index is 1.50. The van der Waals surface area contributed by atoms with Crippen LogP contribution < -0.4 is 5.73 Å². The van der Waals surface area contributed by atoms with E-state index in [0.717, 1.165) is 12.8 Å². The molecule has 5 nitrogen and oxygen atoms in total. The number of ether oxygens (including phenoxy) is 2. The molecular weight excluding hydrogens is 448 g/mol. The Hall–Kier alpha value is -2.73. The topological polar surface area (TPSA) is 64.8 Å². The number of carbonyl (C=O) groups excluding carboxylic acids is 1. The van der Waals surface area contributed by atoms with Gasteiger partial charge in [-0.1, -0.05) is 87.2 Å². The molecule has 0 radical (unpaired) electrons. The van der Waals surface area contributed by atoms with Gasteiger partial charge in [0.15, 0.2) is 0 Å². The van der Waals surface area contributed by atoms with E-state index in [0.29, 0.717) is 52.5 Å². The number of hydrogen-bond acceptors (Lipinski definition) is 4. The van der Waals surface area contributed by atoms with Crippen LogP contribution in [-0.4, -0.2) is 50.3 Å². The molecule has 0 aliphatic heterocycles. The number of rotatable bonds is 16. The van der Waals surface area contributed by atoms with Crippen LogP contribution in [0.1, 0.15) is 51.0 Å². The molecule has 0 aliphatic rings. The van der Waals surface area contributed by atoms with Crippen molar-refractivity contribution in [2.75, 3.05) is 39.5 Å². The summed E-state index contributed by atoms with van der Waals surface area (Å²) in [5, 5.41) is 7.59. The molecule has 36 heavy (non-hydrogen) atoms. The summed E-state index contributed by atoms with van der Waals surface area (Å²) in [5.74, 6) is 0.208. The molecule has 0 unspecified atom stereocenters. The highest BCUT2D eigenvalue weighted by atomic mass is 16.5. The van der Waals surface area contributed by atoms with Gasteiger partial charge in [0.1, 0.15) is 0 Å². The van der Waals surface area contributed by atoms with Crippen LogP contribution in [0.4, 0.5) is 0 Å². The lowest BCUT2D eigenvalue weighted by Crippen LogP contribution is -2.33. The molecule has 4 rings (SSSR count). The fraction of sp³-hybridized carbons (Fsp3) is 0.452. The molecule has 0 atom stereocenters. The molecule has 0 saturated carbocycles. The predicted octanol–water partition coefficient (Wildman–Crippen LogP) is 6.27. The number of hydrogen-bond donors (Lipinski definition) is 1. The van der Waals surface area contributed by atoms with E-state index in [1.54, 1.807) is 0 Å². The van der Waals surface area contributed by atoms with Crippen LogP contribution in [0.5, 0.6) is 0 Å². The van der Waals surface area contributed by atoms with Crippen molar-refractivity contribution in [3.8, 4) is 0 Å². The van der Waals surface area contributed by atoms with E-state index >= 15 is 0 Å². The molecule has 192 valence electrons. The molecule has 0 heterocycles. The smallest absolute Gasteiger partial charge is 0.222 e. The van der Waals surface area contributed by atoms with Crippen molar-refractivity contribution in [3.05, 3.63) is 60.2 Å². The second kappa shape index (κ2) is 13.5. The van der Waals surface area contributed by atoms with Gasteiger partial charge in [-0.15, -0.1) is 0 Å². The monoisotopic (exact) mass is 488 g/mol. The molecule has 0 spiro atoms. The molecule has 5 heteroatoms. The van der Waals surface area contributed by atoms with Crippen LogP contribution >= 0.6 is 0 Å². The van der Waals surface area contributed by atoms with E-state index in [4.69, 9.17) is 15.2 Å². The largest absolute Gasteiger partial charge is 0.378 e. The standard InChI is InChI=1S/C31H40N2O3/c1-2-3-4-5-6-10-29(34)33(18-20-36-22-21-35-19-17-32)23-27-14-13-26-12-11-24-8-7-9-25-15-16-28(27)31(26)30(24)25/h7-9,11-16H,2-6,10,17-23,32H2,1H3. The molecule has 0 aromatic heterocycles. The lowest BCUT2D eigenvalue weighted by atomic mass is 9.92. The lowest BCUT2D eigenvalue weighted by Gasteiger charge is -2.24. The Morgan fingerprint density at radius 3 is 2.19 bits per heavy atom. The minimum atomic E-state index is 0.208. The highest BCUT2D eigenvalue weighted by Crippen LogP contribution is 2.36. The van der Waals surface area contributed by atoms with Crippen molar-refractivity contribution in [1.29, 1.82) is 0 Å². The number of nitrogens with zero attached hydrogens (tertiary/aromatic N) is 1. The van der Waals surface area contributed by atoms with Crippen molar-refractivity contribution in [2.24, 2.45) is 5.73 Å². The summed E-state index contributed by atoms with van der Waals surface area (Å²) in [4.78, 5) is 15.3. The quantitative estimate of drug-likeness (QED) is 0.149. The first-order valence-corrected chi connectivity index (χ1v) is 13.5. The molecule has 0 aliphatic carbocycles. The first-order valence-electron chi connectivity index (χ1n) is 13.5. The molecule has 0 saturated heterocycles. The summed E-state index contributed by atoms with van der Waals surface area (Å²) in [7, 11) is 0. The molecule has 4 aromatic rings. The van der Waals surface area contributed by atoms with E-state index in [-0.39, 0.29) is 5.91 Å². The minimum absolute atomic E-state index is 0.208. The first-order chi connectivity index (χ1) is 17.7. The van der Waals surface area contributed by atoms with Crippen molar-refractivity contribution >= 4 is 38.2 Å². The summed E-state index contributed by atoms with van der Waals surface area (Å²) in [6.45, 7) is 5.97. The van der Waals surface area contributed by atoms with E-state index in [1.807, 2.05) is 4.90 Å². The Kier molecular flexibility index (Phi) is 9.91. The Morgan fingerprint density at radius 1 is 0.778 bits per heavy atom. The zero-order valence-electron chi connectivity index (χ0n) is 21.6. The Bertz CT molecular complexity index is 1220. The van der Waals surface area contributed by atoms with E-state index in [2.05, 4.69) is 61.5 Å². The van der Waals surface area contributed by atoms with E-state index in [9.17, 15) is 4.79 Å². The van der Waals surface area contributed by atoms with Crippen LogP contribution in [-0.2, 0) is 20.8 Å². The summed E-state index contributed by atoms with van der Waals surface area (Å²) in [5.41, 5.74) is 6.65. The maximum absolute atomic E-state index is 13.3. The van der Waals surface area contributed by atoms with E-state index in [1.165, 1.54) is 57.1 Å². The molecule has 2 N–H and O–H groups in total. The minimum Gasteiger partial charge on any atom is -0.378 e. The number of carbonyl (C=O) groups is 1. The van der Waals surface area contributed by atoms with Gasteiger partial charge in [0, 0.05) is 26.1 Å². The van der Waals surface area contributed by atoms with Crippen LogP contribution in [0, 0.1) is 0 Å². The summed E-state index contributed by atoms with van der Waals surface area (Å²) in [6.07, 6.45) is 6.30. The van der Waals surface area contributed by atoms with Gasteiger partial charge >= 0.3 is 0 Å². The van der Waals surface area contributed by atoms with Gasteiger partial charge in [-0.3, -0.25) is 4.79 Å². The van der Waals surface area contributed by atoms with Gasteiger partial charge in [0.25, 0.3) is 0 Å². The van der Waals surface area contributed by atoms with Gasteiger partial charge in [-0.05, 0) is 44.3 Å². The van der Waals surface area contributed by atoms with Gasteiger partial charge in [0.2, 0.25) is 5.91 Å². The molecular formula is C31H40N2O3. The average Bonchev–Trinajstić information content (AvgIpc) is 2.91. The normalized spacial score (nSPS) is 11.7. The maximum atomic E-state index is 13.3. The highest BCUT2D eigenvalue weighted by Gasteiger charge is 2.17. The van der Waals surface area contributed by atoms with Crippen LogP contribution in [0.2, 0.25) is 0 Å². The first kappa shape index (κ1) is 26.3. The van der Waals surface area contributed by atoms with Crippen LogP contribution in [0.15, 0.2) is 54.6 Å². The second-order valence-corrected chi connectivity index (χ2v) is 9.57. The highest BCUT2D eigenvalue weighted by molar-refractivity contribution is 6.23. The third-order valence-corrected chi connectivity index (χ3v) is 6.97. The fourth-order valence-corrected chi connectivity index (χ4v) is 5.05. The van der Waals surface area contributed by atoms with Crippen molar-refractivity contribution < 1.29 is 14.3 Å². The maximum Gasteiger partial charge on any atom is 0.222 e. The second-order valence-electron chi connectivity index (χ2n) is 9.57. The van der Waals surface area contributed by atoms with Crippen LogP contribution in [0.3, 0.4) is 0 Å². The third kappa shape index (κ3) is 6.52. The van der Waals surface area contributed by atoms with Gasteiger partial charge < -0.3 is 20.1 Å². The van der Waals surface area contributed by atoms with Crippen molar-refractivity contribution in [2.45, 2.75) is 52.0 Å². The number of amides is 1. The Labute approximate surface area is 214 Å². The van der Waals surface area contributed by atoms with Gasteiger partial charge in [-0.2, -0.15) is 0 Å². The predicted molar refractivity (Wildman–Crippen MR) is 150 cm³/mol. The average molecular weight is 489 g/mol. The van der Waals surface area contributed by atoms with Crippen molar-refractivity contribution in [1.82, 2.24) is 4.90 Å². The zero-order chi connectivity index (χ0) is 25.2. The molecule has 0 bridgehead atoms. The summed E-state index contributed by atoms with van der Waals surface area (Å²) >= 11 is 0. The molecule has 4 aromatic carbocycles. The Morgan fingerprint density at radius 2 is 1.44 bits per heavy atom. The lowest BCUT2D eigenvalue weighted by molar-refractivity contribution is -0.132. The molecule has 0 fully saturated rings. The van der Waals surface area contributed by atoms with Crippen LogP contribution in [0.25, 0.3) is 32.3 Å². The number of unbranched alkanes of at least 4 members (excludes halogenated alkanes) is 4.